The Balaban J connectivity index is 2.18. The third kappa shape index (κ3) is 2.67. The lowest BCUT2D eigenvalue weighted by atomic mass is 10.1. The summed E-state index contributed by atoms with van der Waals surface area (Å²) >= 11 is 0. The Morgan fingerprint density at radius 3 is 2.44 bits per heavy atom. The van der Waals surface area contributed by atoms with E-state index in [0.29, 0.717) is 17.8 Å². The van der Waals surface area contributed by atoms with Crippen LogP contribution in [-0.4, -0.2) is 11.0 Å². The Morgan fingerprint density at radius 2 is 1.78 bits per heavy atom. The molecule has 18 heavy (non-hydrogen) atoms. The highest BCUT2D eigenvalue weighted by Crippen LogP contribution is 2.16. The number of para-hydroxylation sites is 1. The van der Waals surface area contributed by atoms with Crippen LogP contribution in [0.25, 0.3) is 0 Å². The lowest BCUT2D eigenvalue weighted by molar-refractivity contribution is 0.102. The molecule has 0 heterocycles. The van der Waals surface area contributed by atoms with Crippen LogP contribution in [0.2, 0.25) is 0 Å². The number of hydrogen-bond acceptors (Lipinski definition) is 3. The third-order valence-corrected chi connectivity index (χ3v) is 2.61. The zero-order chi connectivity index (χ0) is 13.0. The van der Waals surface area contributed by atoms with E-state index in [1.54, 1.807) is 18.2 Å². The number of phenolic OH excluding ortho intramolecular Hbond substituents is 1. The van der Waals surface area contributed by atoms with E-state index >= 15 is 0 Å². The van der Waals surface area contributed by atoms with Gasteiger partial charge in [0.05, 0.1) is 0 Å². The number of carbonyl (C=O) groups is 1. The van der Waals surface area contributed by atoms with E-state index in [0.717, 1.165) is 5.56 Å². The molecular weight excluding hydrogens is 228 g/mol. The highest BCUT2D eigenvalue weighted by atomic mass is 16.3. The second kappa shape index (κ2) is 5.33. The summed E-state index contributed by atoms with van der Waals surface area (Å²) in [5.41, 5.74) is 7.67. The fourth-order valence-electron chi connectivity index (χ4n) is 1.63. The van der Waals surface area contributed by atoms with Gasteiger partial charge in [0.2, 0.25) is 0 Å². The summed E-state index contributed by atoms with van der Waals surface area (Å²) in [7, 11) is 0. The predicted octanol–water partition coefficient (Wildman–Crippen LogP) is 2.10. The van der Waals surface area contributed by atoms with Gasteiger partial charge in [0.25, 0.3) is 5.91 Å². The van der Waals surface area contributed by atoms with Crippen molar-refractivity contribution in [3.63, 3.8) is 0 Å². The molecule has 0 aliphatic rings. The van der Waals surface area contributed by atoms with Crippen LogP contribution in [0.1, 0.15) is 15.9 Å². The number of hydrogen-bond donors (Lipinski definition) is 3. The fraction of sp³-hybridized carbons (Fsp3) is 0.0714. The molecule has 0 bridgehead atoms. The molecule has 0 unspecified atom stereocenters. The number of phenols is 1. The SMILES string of the molecule is NCc1ccccc1NC(=O)c1ccc(O)cc1. The van der Waals surface area contributed by atoms with E-state index in [1.165, 1.54) is 12.1 Å². The average Bonchev–Trinajstić information content (AvgIpc) is 2.40. The van der Waals surface area contributed by atoms with Gasteiger partial charge in [0.15, 0.2) is 0 Å². The minimum atomic E-state index is -0.226. The van der Waals surface area contributed by atoms with E-state index in [-0.39, 0.29) is 11.7 Å². The zero-order valence-corrected chi connectivity index (χ0v) is 9.76. The van der Waals surface area contributed by atoms with Crippen molar-refractivity contribution in [1.29, 1.82) is 0 Å². The Bertz CT molecular complexity index is 550. The number of amides is 1. The highest BCUT2D eigenvalue weighted by Gasteiger charge is 2.07. The first kappa shape index (κ1) is 12.1. The van der Waals surface area contributed by atoms with Crippen molar-refractivity contribution >= 4 is 11.6 Å². The molecular formula is C14H14N2O2. The first-order valence-electron chi connectivity index (χ1n) is 5.59. The van der Waals surface area contributed by atoms with E-state index in [2.05, 4.69) is 5.32 Å². The first-order chi connectivity index (χ1) is 8.70. The molecule has 0 aliphatic heterocycles. The van der Waals surface area contributed by atoms with E-state index in [1.807, 2.05) is 18.2 Å². The Labute approximate surface area is 105 Å². The maximum Gasteiger partial charge on any atom is 0.255 e. The van der Waals surface area contributed by atoms with Crippen molar-refractivity contribution in [1.82, 2.24) is 0 Å². The first-order valence-corrected chi connectivity index (χ1v) is 5.59. The number of aromatic hydroxyl groups is 1. The summed E-state index contributed by atoms with van der Waals surface area (Å²) in [6.45, 7) is 0.367. The number of anilines is 1. The Kier molecular flexibility index (Phi) is 3.60. The lowest BCUT2D eigenvalue weighted by Crippen LogP contribution is -2.14. The third-order valence-electron chi connectivity index (χ3n) is 2.61. The quantitative estimate of drug-likeness (QED) is 0.771. The number of nitrogens with one attached hydrogen (secondary N) is 1. The van der Waals surface area contributed by atoms with Crippen molar-refractivity contribution in [2.75, 3.05) is 5.32 Å². The van der Waals surface area contributed by atoms with Gasteiger partial charge in [-0.1, -0.05) is 18.2 Å². The van der Waals surface area contributed by atoms with Gasteiger partial charge in [0.1, 0.15) is 5.75 Å². The van der Waals surface area contributed by atoms with Gasteiger partial charge in [-0.2, -0.15) is 0 Å². The van der Waals surface area contributed by atoms with Crippen LogP contribution >= 0.6 is 0 Å². The van der Waals surface area contributed by atoms with Gasteiger partial charge in [-0.05, 0) is 35.9 Å². The number of benzene rings is 2. The molecule has 0 aromatic heterocycles. The number of nitrogens with two attached hydrogens (primary N) is 1. The zero-order valence-electron chi connectivity index (χ0n) is 9.76. The Morgan fingerprint density at radius 1 is 1.11 bits per heavy atom. The standard InChI is InChI=1S/C14H14N2O2/c15-9-11-3-1-2-4-13(11)16-14(18)10-5-7-12(17)8-6-10/h1-8,17H,9,15H2,(H,16,18). The van der Waals surface area contributed by atoms with Crippen LogP contribution in [0.15, 0.2) is 48.5 Å². The van der Waals surface area contributed by atoms with Gasteiger partial charge in [-0.25, -0.2) is 0 Å². The van der Waals surface area contributed by atoms with Crippen molar-refractivity contribution in [3.05, 3.63) is 59.7 Å². The summed E-state index contributed by atoms with van der Waals surface area (Å²) < 4.78 is 0. The topological polar surface area (TPSA) is 75.3 Å². The van der Waals surface area contributed by atoms with Crippen LogP contribution in [0.4, 0.5) is 5.69 Å². The molecule has 1 amide bonds. The van der Waals surface area contributed by atoms with Crippen molar-refractivity contribution < 1.29 is 9.90 Å². The van der Waals surface area contributed by atoms with Crippen molar-refractivity contribution in [3.8, 4) is 5.75 Å². The summed E-state index contributed by atoms with van der Waals surface area (Å²) in [5.74, 6) is -0.0928. The largest absolute Gasteiger partial charge is 0.508 e. The van der Waals surface area contributed by atoms with Crippen molar-refractivity contribution in [2.24, 2.45) is 5.73 Å². The van der Waals surface area contributed by atoms with Crippen molar-refractivity contribution in [2.45, 2.75) is 6.54 Å². The molecule has 0 fully saturated rings. The molecule has 0 radical (unpaired) electrons. The van der Waals surface area contributed by atoms with Crippen LogP contribution in [0.5, 0.6) is 5.75 Å². The van der Waals surface area contributed by atoms with Gasteiger partial charge in [-0.15, -0.1) is 0 Å². The number of rotatable bonds is 3. The van der Waals surface area contributed by atoms with Crippen LogP contribution < -0.4 is 11.1 Å². The predicted molar refractivity (Wildman–Crippen MR) is 70.4 cm³/mol. The van der Waals surface area contributed by atoms with Crippen LogP contribution in [-0.2, 0) is 6.54 Å². The van der Waals surface area contributed by atoms with Crippen LogP contribution in [0.3, 0.4) is 0 Å². The molecule has 4 nitrogen and oxygen atoms in total. The summed E-state index contributed by atoms with van der Waals surface area (Å²) in [5, 5.41) is 12.0. The van der Waals surface area contributed by atoms with E-state index < -0.39 is 0 Å². The second-order valence-corrected chi connectivity index (χ2v) is 3.86. The maximum atomic E-state index is 12.0. The van der Waals surface area contributed by atoms with Gasteiger partial charge in [0, 0.05) is 17.8 Å². The minimum absolute atomic E-state index is 0.133. The van der Waals surface area contributed by atoms with E-state index in [4.69, 9.17) is 10.8 Å². The number of carbonyl (C=O) groups excluding carboxylic acids is 1. The molecule has 0 saturated heterocycles. The molecule has 0 aliphatic carbocycles. The maximum absolute atomic E-state index is 12.0. The highest BCUT2D eigenvalue weighted by molar-refractivity contribution is 6.04. The molecule has 0 saturated carbocycles. The molecule has 92 valence electrons. The molecule has 4 N–H and O–H groups in total. The van der Waals surface area contributed by atoms with Crippen LogP contribution in [0, 0.1) is 0 Å². The second-order valence-electron chi connectivity index (χ2n) is 3.86. The molecule has 2 aromatic carbocycles. The average molecular weight is 242 g/mol. The Hall–Kier alpha value is -2.33. The fourth-order valence-corrected chi connectivity index (χ4v) is 1.63. The molecule has 2 rings (SSSR count). The van der Waals surface area contributed by atoms with Gasteiger partial charge < -0.3 is 16.2 Å². The summed E-state index contributed by atoms with van der Waals surface area (Å²) in [6, 6.07) is 13.5. The molecule has 0 atom stereocenters. The van der Waals surface area contributed by atoms with Gasteiger partial charge in [-0.3, -0.25) is 4.79 Å². The summed E-state index contributed by atoms with van der Waals surface area (Å²) in [4.78, 5) is 12.0. The minimum Gasteiger partial charge on any atom is -0.508 e. The normalized spacial score (nSPS) is 10.1. The molecule has 0 spiro atoms. The lowest BCUT2D eigenvalue weighted by Gasteiger charge is -2.09. The summed E-state index contributed by atoms with van der Waals surface area (Å²) in [6.07, 6.45) is 0. The monoisotopic (exact) mass is 242 g/mol. The molecule has 2 aromatic rings. The van der Waals surface area contributed by atoms with E-state index in [9.17, 15) is 4.79 Å². The molecule has 4 heteroatoms. The smallest absolute Gasteiger partial charge is 0.255 e. The van der Waals surface area contributed by atoms with Gasteiger partial charge >= 0.3 is 0 Å².